The number of piperidine rings is 1. The number of likely N-dealkylation sites (N-methyl/N-ethyl adjacent to an activating group) is 1. The van der Waals surface area contributed by atoms with Crippen molar-refractivity contribution in [2.45, 2.75) is 63.5 Å². The van der Waals surface area contributed by atoms with Gasteiger partial charge in [0.1, 0.15) is 5.76 Å². The summed E-state index contributed by atoms with van der Waals surface area (Å²) in [4.78, 5) is 27.0. The van der Waals surface area contributed by atoms with E-state index in [9.17, 15) is 9.59 Å². The molecule has 1 aromatic rings. The van der Waals surface area contributed by atoms with Gasteiger partial charge in [-0.25, -0.2) is 0 Å². The third kappa shape index (κ3) is 3.89. The first-order valence-electron chi connectivity index (χ1n) is 11.6. The lowest BCUT2D eigenvalue weighted by Gasteiger charge is -2.58. The number of nitrogens with zero attached hydrogens (tertiary/aromatic N) is 1. The number of hydrogen-bond donors (Lipinski definition) is 0. The molecule has 3 aliphatic rings. The Bertz CT molecular complexity index is 992. The highest BCUT2D eigenvalue weighted by Gasteiger charge is 2.58. The number of esters is 2. The van der Waals surface area contributed by atoms with E-state index in [1.165, 1.54) is 0 Å². The second kappa shape index (κ2) is 9.18. The van der Waals surface area contributed by atoms with Crippen LogP contribution < -0.4 is 9.47 Å². The zero-order valence-corrected chi connectivity index (χ0v) is 20.7. The van der Waals surface area contributed by atoms with Gasteiger partial charge in [-0.2, -0.15) is 0 Å². The largest absolute Gasteiger partial charge is 0.497 e. The number of halogens is 1. The van der Waals surface area contributed by atoms with Crippen LogP contribution in [0.2, 0.25) is 5.02 Å². The van der Waals surface area contributed by atoms with Crippen LogP contribution in [0.4, 0.5) is 0 Å². The fourth-order valence-corrected chi connectivity index (χ4v) is 6.09. The Balaban J connectivity index is 1.96. The number of benzene rings is 1. The van der Waals surface area contributed by atoms with Crippen molar-refractivity contribution in [3.63, 3.8) is 0 Å². The molecule has 2 aliphatic carbocycles. The number of rotatable bonds is 6. The Kier molecular flexibility index (Phi) is 6.65. The number of methoxy groups -OCH3 is 2. The predicted molar refractivity (Wildman–Crippen MR) is 124 cm³/mol. The van der Waals surface area contributed by atoms with Gasteiger partial charge in [0.15, 0.2) is 17.6 Å². The second-order valence-electron chi connectivity index (χ2n) is 9.06. The minimum Gasteiger partial charge on any atom is -0.497 e. The Morgan fingerprint density at radius 3 is 2.55 bits per heavy atom. The third-order valence-corrected chi connectivity index (χ3v) is 7.81. The van der Waals surface area contributed by atoms with E-state index in [2.05, 4.69) is 18.0 Å². The molecule has 180 valence electrons. The van der Waals surface area contributed by atoms with Crippen molar-refractivity contribution in [2.24, 2.45) is 5.92 Å². The summed E-state index contributed by atoms with van der Waals surface area (Å²) < 4.78 is 23.0. The Morgan fingerprint density at radius 2 is 1.91 bits per heavy atom. The number of hydrogen-bond acceptors (Lipinski definition) is 7. The maximum Gasteiger partial charge on any atom is 0.311 e. The highest BCUT2D eigenvalue weighted by molar-refractivity contribution is 6.31. The molecule has 2 bridgehead atoms. The molecular weight excluding hydrogens is 446 g/mol. The van der Waals surface area contributed by atoms with Crippen LogP contribution in [0.3, 0.4) is 0 Å². The molecule has 8 heteroatoms. The van der Waals surface area contributed by atoms with Gasteiger partial charge in [-0.3, -0.25) is 9.59 Å². The third-order valence-electron chi connectivity index (χ3n) is 7.47. The minimum atomic E-state index is -0.520. The summed E-state index contributed by atoms with van der Waals surface area (Å²) in [6.45, 7) is 4.40. The molecule has 0 aromatic heterocycles. The predicted octanol–water partition coefficient (Wildman–Crippen LogP) is 4.03. The zero-order valence-electron chi connectivity index (χ0n) is 19.9. The molecule has 7 nitrogen and oxygen atoms in total. The first-order chi connectivity index (χ1) is 15.8. The van der Waals surface area contributed by atoms with E-state index in [-0.39, 0.29) is 36.7 Å². The van der Waals surface area contributed by atoms with Crippen LogP contribution in [-0.4, -0.2) is 56.8 Å². The van der Waals surface area contributed by atoms with Crippen LogP contribution in [0.15, 0.2) is 17.9 Å². The van der Waals surface area contributed by atoms with E-state index >= 15 is 0 Å². The SMILES string of the molecule is CCC(=O)Oc1c(OC)cc(Cl)c2c1[C@]13CCN(C)[C@H](C2)[C@@H]1C=C(OC)C(OC(=O)CC)C3. The topological polar surface area (TPSA) is 74.3 Å². The van der Waals surface area contributed by atoms with Gasteiger partial charge >= 0.3 is 11.9 Å². The van der Waals surface area contributed by atoms with Crippen molar-refractivity contribution in [3.8, 4) is 11.5 Å². The minimum absolute atomic E-state index is 0.0810. The summed E-state index contributed by atoms with van der Waals surface area (Å²) in [5, 5.41) is 0.597. The Labute approximate surface area is 199 Å². The number of likely N-dealkylation sites (tertiary alicyclic amines) is 1. The van der Waals surface area contributed by atoms with E-state index < -0.39 is 11.5 Å². The molecule has 1 aromatic carbocycles. The lowest BCUT2D eigenvalue weighted by molar-refractivity contribution is -0.151. The van der Waals surface area contributed by atoms with Gasteiger partial charge in [0.25, 0.3) is 0 Å². The van der Waals surface area contributed by atoms with Crippen molar-refractivity contribution in [3.05, 3.63) is 34.1 Å². The van der Waals surface area contributed by atoms with E-state index in [1.54, 1.807) is 34.1 Å². The van der Waals surface area contributed by atoms with Crippen molar-refractivity contribution in [1.29, 1.82) is 0 Å². The van der Waals surface area contributed by atoms with Crippen LogP contribution in [0.5, 0.6) is 11.5 Å². The molecule has 1 aliphatic heterocycles. The van der Waals surface area contributed by atoms with Gasteiger partial charge in [-0.15, -0.1) is 0 Å². The molecule has 0 spiro atoms. The summed E-state index contributed by atoms with van der Waals surface area (Å²) in [6, 6.07) is 1.93. The van der Waals surface area contributed by atoms with E-state index in [4.69, 9.17) is 30.5 Å². The number of carbonyl (C=O) groups excluding carboxylic acids is 2. The molecule has 1 heterocycles. The molecular formula is C25H32ClNO6. The molecule has 0 N–H and O–H groups in total. The van der Waals surface area contributed by atoms with Gasteiger partial charge in [0.05, 0.1) is 14.2 Å². The van der Waals surface area contributed by atoms with Gasteiger partial charge in [0, 0.05) is 53.3 Å². The summed E-state index contributed by atoms with van der Waals surface area (Å²) in [7, 11) is 5.28. The average Bonchev–Trinajstić information content (AvgIpc) is 2.81. The van der Waals surface area contributed by atoms with E-state index in [0.717, 1.165) is 24.1 Å². The first kappa shape index (κ1) is 23.9. The zero-order chi connectivity index (χ0) is 23.9. The monoisotopic (exact) mass is 477 g/mol. The molecule has 1 fully saturated rings. The van der Waals surface area contributed by atoms with Gasteiger partial charge in [0.2, 0.25) is 0 Å². The lowest BCUT2D eigenvalue weighted by Crippen LogP contribution is -2.61. The quantitative estimate of drug-likeness (QED) is 0.452. The van der Waals surface area contributed by atoms with Crippen LogP contribution in [0, 0.1) is 5.92 Å². The van der Waals surface area contributed by atoms with Crippen molar-refractivity contribution in [2.75, 3.05) is 27.8 Å². The fraction of sp³-hybridized carbons (Fsp3) is 0.600. The second-order valence-corrected chi connectivity index (χ2v) is 9.47. The summed E-state index contributed by atoms with van der Waals surface area (Å²) in [5.74, 6) is 1.01. The van der Waals surface area contributed by atoms with Crippen molar-refractivity contribution >= 4 is 23.5 Å². The number of ether oxygens (including phenoxy) is 4. The number of carbonyl (C=O) groups is 2. The normalized spacial score (nSPS) is 28.2. The van der Waals surface area contributed by atoms with Crippen LogP contribution in [0.25, 0.3) is 0 Å². The highest BCUT2D eigenvalue weighted by Crippen LogP contribution is 2.60. The summed E-state index contributed by atoms with van der Waals surface area (Å²) >= 11 is 6.79. The Morgan fingerprint density at radius 1 is 1.18 bits per heavy atom. The first-order valence-corrected chi connectivity index (χ1v) is 11.9. The molecule has 0 radical (unpaired) electrons. The Hall–Kier alpha value is -2.25. The van der Waals surface area contributed by atoms with Gasteiger partial charge in [-0.1, -0.05) is 25.4 Å². The van der Waals surface area contributed by atoms with E-state index in [0.29, 0.717) is 35.1 Å². The van der Waals surface area contributed by atoms with Gasteiger partial charge < -0.3 is 23.8 Å². The lowest BCUT2D eigenvalue weighted by atomic mass is 9.53. The summed E-state index contributed by atoms with van der Waals surface area (Å²) in [5.41, 5.74) is 1.44. The molecule has 1 unspecified atom stereocenters. The van der Waals surface area contributed by atoms with Crippen LogP contribution in [0.1, 0.15) is 50.7 Å². The molecule has 0 saturated carbocycles. The van der Waals surface area contributed by atoms with Crippen LogP contribution >= 0.6 is 11.6 Å². The molecule has 0 amide bonds. The van der Waals surface area contributed by atoms with Gasteiger partial charge in [-0.05, 0) is 38.1 Å². The average molecular weight is 478 g/mol. The van der Waals surface area contributed by atoms with E-state index in [1.807, 2.05) is 0 Å². The molecule has 33 heavy (non-hydrogen) atoms. The molecule has 4 rings (SSSR count). The molecule has 1 saturated heterocycles. The maximum absolute atomic E-state index is 12.4. The standard InChI is InChI=1S/C25H32ClNO6/c1-6-21(28)32-20-13-25-8-9-27(3)17(15(25)11-18(20)30-4)10-14-16(26)12-19(31-5)24(23(14)25)33-22(29)7-2/h11-12,15,17,20H,6-10,13H2,1-5H3/t15-,17+,20?,25-/m0/s1. The molecule has 4 atom stereocenters. The van der Waals surface area contributed by atoms with Crippen LogP contribution in [-0.2, 0) is 30.9 Å². The summed E-state index contributed by atoms with van der Waals surface area (Å²) in [6.07, 6.45) is 4.15. The van der Waals surface area contributed by atoms with Crippen molar-refractivity contribution in [1.82, 2.24) is 4.90 Å². The van der Waals surface area contributed by atoms with Crippen molar-refractivity contribution < 1.29 is 28.5 Å². The fourth-order valence-electron chi connectivity index (χ4n) is 5.81. The smallest absolute Gasteiger partial charge is 0.311 e. The highest BCUT2D eigenvalue weighted by atomic mass is 35.5. The maximum atomic E-state index is 12.4. The number of fused-ring (bicyclic) bond motifs is 1.